The van der Waals surface area contributed by atoms with Gasteiger partial charge in [0.15, 0.2) is 5.43 Å². The third kappa shape index (κ3) is 2.11. The number of aromatic amines is 1. The van der Waals surface area contributed by atoms with E-state index in [0.717, 1.165) is 27.7 Å². The molecule has 23 heavy (non-hydrogen) atoms. The van der Waals surface area contributed by atoms with Crippen LogP contribution in [0.5, 0.6) is 0 Å². The Hall–Kier alpha value is -3.32. The number of rotatable bonds is 2. The van der Waals surface area contributed by atoms with Gasteiger partial charge in [-0.15, -0.1) is 0 Å². The van der Waals surface area contributed by atoms with Crippen LogP contribution < -0.4 is 5.43 Å². The lowest BCUT2D eigenvalue weighted by Crippen LogP contribution is -2.06. The number of benzene rings is 2. The Morgan fingerprint density at radius 3 is 2.83 bits per heavy atom. The van der Waals surface area contributed by atoms with E-state index in [1.807, 2.05) is 53.2 Å². The van der Waals surface area contributed by atoms with Gasteiger partial charge in [0.05, 0.1) is 18.0 Å². The predicted octanol–water partition coefficient (Wildman–Crippen LogP) is 3.54. The van der Waals surface area contributed by atoms with Gasteiger partial charge in [0.2, 0.25) is 0 Å². The van der Waals surface area contributed by atoms with Crippen molar-refractivity contribution in [3.63, 3.8) is 0 Å². The molecule has 0 amide bonds. The second kappa shape index (κ2) is 5.15. The third-order valence-corrected chi connectivity index (χ3v) is 4.10. The van der Waals surface area contributed by atoms with Gasteiger partial charge < -0.3 is 9.55 Å². The van der Waals surface area contributed by atoms with E-state index in [4.69, 9.17) is 5.26 Å². The number of nitrogens with one attached hydrogen (secondary N) is 1. The summed E-state index contributed by atoms with van der Waals surface area (Å²) in [5.74, 6) is 0. The third-order valence-electron chi connectivity index (χ3n) is 4.10. The maximum atomic E-state index is 12.0. The summed E-state index contributed by atoms with van der Waals surface area (Å²) in [5.41, 5.74) is 3.85. The highest BCUT2D eigenvalue weighted by atomic mass is 16.1. The van der Waals surface area contributed by atoms with Gasteiger partial charge in [-0.2, -0.15) is 5.26 Å². The molecule has 0 saturated carbocycles. The summed E-state index contributed by atoms with van der Waals surface area (Å²) in [5, 5.41) is 10.6. The molecule has 2 aromatic heterocycles. The second-order valence-corrected chi connectivity index (χ2v) is 5.45. The van der Waals surface area contributed by atoms with Gasteiger partial charge in [0.25, 0.3) is 0 Å². The van der Waals surface area contributed by atoms with Crippen LogP contribution in [0.1, 0.15) is 5.56 Å². The zero-order valence-electron chi connectivity index (χ0n) is 12.3. The van der Waals surface area contributed by atoms with Crippen LogP contribution in [0.25, 0.3) is 27.5 Å². The average molecular weight is 299 g/mol. The van der Waals surface area contributed by atoms with Gasteiger partial charge in [-0.1, -0.05) is 18.2 Å². The molecule has 4 heteroatoms. The Morgan fingerprint density at radius 2 is 1.96 bits per heavy atom. The van der Waals surface area contributed by atoms with Crippen molar-refractivity contribution in [2.75, 3.05) is 0 Å². The van der Waals surface area contributed by atoms with E-state index in [1.165, 1.54) is 0 Å². The topological polar surface area (TPSA) is 61.6 Å². The van der Waals surface area contributed by atoms with Crippen molar-refractivity contribution >= 4 is 21.8 Å². The summed E-state index contributed by atoms with van der Waals surface area (Å²) >= 11 is 0. The number of nitrogens with zero attached hydrogens (tertiary/aromatic N) is 2. The summed E-state index contributed by atoms with van der Waals surface area (Å²) in [6, 6.07) is 17.4. The van der Waals surface area contributed by atoms with Crippen molar-refractivity contribution < 1.29 is 0 Å². The van der Waals surface area contributed by atoms with Crippen LogP contribution >= 0.6 is 0 Å². The van der Waals surface area contributed by atoms with Gasteiger partial charge in [0.1, 0.15) is 0 Å². The van der Waals surface area contributed by atoms with Crippen molar-refractivity contribution in [3.8, 4) is 11.8 Å². The molecule has 110 valence electrons. The fraction of sp³-hybridized carbons (Fsp3) is 0.0526. The van der Waals surface area contributed by atoms with Crippen molar-refractivity contribution in [1.82, 2.24) is 9.55 Å². The highest BCUT2D eigenvalue weighted by molar-refractivity contribution is 5.87. The number of aromatic nitrogens is 2. The lowest BCUT2D eigenvalue weighted by atomic mass is 10.1. The van der Waals surface area contributed by atoms with E-state index in [0.29, 0.717) is 11.8 Å². The van der Waals surface area contributed by atoms with Gasteiger partial charge in [-0.05, 0) is 29.8 Å². The van der Waals surface area contributed by atoms with E-state index in [1.54, 1.807) is 12.3 Å². The molecular weight excluding hydrogens is 286 g/mol. The predicted molar refractivity (Wildman–Crippen MR) is 90.7 cm³/mol. The lowest BCUT2D eigenvalue weighted by molar-refractivity contribution is 1.10. The molecule has 0 saturated heterocycles. The summed E-state index contributed by atoms with van der Waals surface area (Å²) in [6.45, 7) is 0. The molecule has 0 spiro atoms. The number of nitriles is 1. The standard InChI is InChI=1S/C19H13N3O/c20-9-7-13-12-21-17-11-14(5-6-15(13)17)22-10-8-19(23)16-3-1-2-4-18(16)22/h1-6,8,10-12,21H,7H2. The van der Waals surface area contributed by atoms with Crippen LogP contribution in [-0.2, 0) is 6.42 Å². The number of H-pyrrole nitrogens is 1. The van der Waals surface area contributed by atoms with Gasteiger partial charge in [0, 0.05) is 40.4 Å². The van der Waals surface area contributed by atoms with Crippen LogP contribution in [-0.4, -0.2) is 9.55 Å². The normalized spacial score (nSPS) is 10.9. The Kier molecular flexibility index (Phi) is 2.99. The molecule has 4 rings (SSSR count). The van der Waals surface area contributed by atoms with Crippen molar-refractivity contribution in [2.45, 2.75) is 6.42 Å². The van der Waals surface area contributed by atoms with Crippen molar-refractivity contribution in [1.29, 1.82) is 5.26 Å². The molecule has 0 unspecified atom stereocenters. The first-order chi connectivity index (χ1) is 11.3. The van der Waals surface area contributed by atoms with Crippen LogP contribution in [0, 0.1) is 11.3 Å². The maximum Gasteiger partial charge on any atom is 0.189 e. The summed E-state index contributed by atoms with van der Waals surface area (Å²) < 4.78 is 2.00. The van der Waals surface area contributed by atoms with Gasteiger partial charge >= 0.3 is 0 Å². The fourth-order valence-electron chi connectivity index (χ4n) is 2.99. The maximum absolute atomic E-state index is 12.0. The first-order valence-electron chi connectivity index (χ1n) is 7.35. The van der Waals surface area contributed by atoms with E-state index in [9.17, 15) is 4.79 Å². The molecule has 0 aliphatic rings. The SMILES string of the molecule is N#CCc1c[nH]c2cc(-n3ccc(=O)c4ccccc43)ccc12. The molecule has 0 atom stereocenters. The smallest absolute Gasteiger partial charge is 0.189 e. The van der Waals surface area contributed by atoms with E-state index >= 15 is 0 Å². The Bertz CT molecular complexity index is 1130. The molecule has 0 bridgehead atoms. The zero-order chi connectivity index (χ0) is 15.8. The Labute approximate surface area is 132 Å². The number of hydrogen-bond acceptors (Lipinski definition) is 2. The quantitative estimate of drug-likeness (QED) is 0.615. The summed E-state index contributed by atoms with van der Waals surface area (Å²) in [7, 11) is 0. The molecule has 0 radical (unpaired) electrons. The first kappa shape index (κ1) is 13.4. The lowest BCUT2D eigenvalue weighted by Gasteiger charge is -2.11. The van der Waals surface area contributed by atoms with Gasteiger partial charge in [-0.3, -0.25) is 4.79 Å². The van der Waals surface area contributed by atoms with Crippen LogP contribution in [0.15, 0.2) is 65.7 Å². The Morgan fingerprint density at radius 1 is 1.09 bits per heavy atom. The molecule has 0 aliphatic carbocycles. The van der Waals surface area contributed by atoms with Gasteiger partial charge in [-0.25, -0.2) is 0 Å². The fourth-order valence-corrected chi connectivity index (χ4v) is 2.99. The number of pyridine rings is 1. The minimum Gasteiger partial charge on any atom is -0.361 e. The molecule has 0 fully saturated rings. The van der Waals surface area contributed by atoms with Crippen LogP contribution in [0.2, 0.25) is 0 Å². The number of para-hydroxylation sites is 1. The monoisotopic (exact) mass is 299 g/mol. The highest BCUT2D eigenvalue weighted by Gasteiger charge is 2.07. The van der Waals surface area contributed by atoms with E-state index in [-0.39, 0.29) is 5.43 Å². The van der Waals surface area contributed by atoms with Crippen LogP contribution in [0.3, 0.4) is 0 Å². The largest absolute Gasteiger partial charge is 0.361 e. The molecule has 2 heterocycles. The average Bonchev–Trinajstić information content (AvgIpc) is 2.98. The summed E-state index contributed by atoms with van der Waals surface area (Å²) in [4.78, 5) is 15.2. The molecule has 0 aliphatic heterocycles. The van der Waals surface area contributed by atoms with Crippen molar-refractivity contribution in [2.24, 2.45) is 0 Å². The van der Waals surface area contributed by atoms with E-state index in [2.05, 4.69) is 11.1 Å². The molecule has 1 N–H and O–H groups in total. The minimum absolute atomic E-state index is 0.0223. The molecular formula is C19H13N3O. The number of hydrogen-bond donors (Lipinski definition) is 1. The second-order valence-electron chi connectivity index (χ2n) is 5.45. The molecule has 2 aromatic carbocycles. The molecule has 4 nitrogen and oxygen atoms in total. The van der Waals surface area contributed by atoms with Crippen LogP contribution in [0.4, 0.5) is 0 Å². The minimum atomic E-state index is 0.0223. The van der Waals surface area contributed by atoms with E-state index < -0.39 is 0 Å². The zero-order valence-corrected chi connectivity index (χ0v) is 12.3. The highest BCUT2D eigenvalue weighted by Crippen LogP contribution is 2.23. The first-order valence-corrected chi connectivity index (χ1v) is 7.35. The van der Waals surface area contributed by atoms with Crippen molar-refractivity contribution in [3.05, 3.63) is 76.7 Å². The number of fused-ring (bicyclic) bond motifs is 2. The Balaban J connectivity index is 1.95. The molecule has 4 aromatic rings. The summed E-state index contributed by atoms with van der Waals surface area (Å²) in [6.07, 6.45) is 4.06.